The van der Waals surface area contributed by atoms with E-state index in [1.165, 1.54) is 6.07 Å². The zero-order chi connectivity index (χ0) is 14.5. The molecular formula is C14H14ClN3O2. The number of halogens is 1. The van der Waals surface area contributed by atoms with Crippen molar-refractivity contribution in [1.29, 1.82) is 0 Å². The van der Waals surface area contributed by atoms with Gasteiger partial charge in [-0.3, -0.25) is 9.59 Å². The molecule has 104 valence electrons. The van der Waals surface area contributed by atoms with Crippen molar-refractivity contribution in [3.8, 4) is 11.3 Å². The molecule has 2 N–H and O–H groups in total. The van der Waals surface area contributed by atoms with Crippen molar-refractivity contribution in [3.05, 3.63) is 46.8 Å². The molecule has 2 aromatic rings. The average molecular weight is 292 g/mol. The standard InChI is InChI=1S/C14H14ClN3O2/c1-9(8-15)14(20)16-11-4-2-10(3-5-11)12-6-7-13(19)18-17-12/h2-7,9H,8H2,1H3,(H,16,20)(H,18,19). The zero-order valence-corrected chi connectivity index (χ0v) is 11.6. The van der Waals surface area contributed by atoms with E-state index in [-0.39, 0.29) is 23.3 Å². The largest absolute Gasteiger partial charge is 0.326 e. The second-order valence-electron chi connectivity index (χ2n) is 4.43. The fraction of sp³-hybridized carbons (Fsp3) is 0.214. The van der Waals surface area contributed by atoms with Gasteiger partial charge in [0, 0.05) is 29.1 Å². The maximum atomic E-state index is 11.7. The summed E-state index contributed by atoms with van der Waals surface area (Å²) in [6.07, 6.45) is 0. The van der Waals surface area contributed by atoms with Crippen molar-refractivity contribution in [2.45, 2.75) is 6.92 Å². The molecule has 1 amide bonds. The number of hydrogen-bond acceptors (Lipinski definition) is 3. The number of nitrogens with zero attached hydrogens (tertiary/aromatic N) is 1. The van der Waals surface area contributed by atoms with Crippen LogP contribution in [0.3, 0.4) is 0 Å². The Hall–Kier alpha value is -2.14. The van der Waals surface area contributed by atoms with E-state index >= 15 is 0 Å². The van der Waals surface area contributed by atoms with Crippen LogP contribution in [-0.2, 0) is 4.79 Å². The number of carbonyl (C=O) groups excluding carboxylic acids is 1. The molecule has 0 aliphatic heterocycles. The number of benzene rings is 1. The van der Waals surface area contributed by atoms with Gasteiger partial charge in [0.1, 0.15) is 0 Å². The number of aromatic nitrogens is 2. The summed E-state index contributed by atoms with van der Waals surface area (Å²) in [5.41, 5.74) is 1.97. The van der Waals surface area contributed by atoms with Crippen LogP contribution in [0.25, 0.3) is 11.3 Å². The topological polar surface area (TPSA) is 74.8 Å². The van der Waals surface area contributed by atoms with Crippen LogP contribution in [0, 0.1) is 5.92 Å². The minimum absolute atomic E-state index is 0.116. The van der Waals surface area contributed by atoms with Crippen molar-refractivity contribution in [3.63, 3.8) is 0 Å². The lowest BCUT2D eigenvalue weighted by Crippen LogP contribution is -2.21. The number of hydrogen-bond donors (Lipinski definition) is 2. The third-order valence-electron chi connectivity index (χ3n) is 2.81. The molecule has 0 fully saturated rings. The van der Waals surface area contributed by atoms with Crippen molar-refractivity contribution >= 4 is 23.2 Å². The molecule has 0 aliphatic rings. The molecule has 20 heavy (non-hydrogen) atoms. The first-order chi connectivity index (χ1) is 9.60. The van der Waals surface area contributed by atoms with Gasteiger partial charge in [-0.05, 0) is 18.2 Å². The number of alkyl halides is 1. The summed E-state index contributed by atoms with van der Waals surface area (Å²) in [5, 5.41) is 9.09. The molecule has 0 aliphatic carbocycles. The summed E-state index contributed by atoms with van der Waals surface area (Å²) in [4.78, 5) is 22.6. The Labute approximate surface area is 121 Å². The first-order valence-electron chi connectivity index (χ1n) is 6.13. The Bertz CT molecular complexity index is 632. The molecule has 5 nitrogen and oxygen atoms in total. The number of nitrogens with one attached hydrogen (secondary N) is 2. The Morgan fingerprint density at radius 1 is 1.30 bits per heavy atom. The molecule has 0 spiro atoms. The SMILES string of the molecule is CC(CCl)C(=O)Nc1ccc(-c2ccc(=O)[nH]n2)cc1. The van der Waals surface area contributed by atoms with Gasteiger partial charge in [0.05, 0.1) is 5.69 Å². The normalized spacial score (nSPS) is 11.9. The smallest absolute Gasteiger partial charge is 0.264 e. The highest BCUT2D eigenvalue weighted by Crippen LogP contribution is 2.18. The van der Waals surface area contributed by atoms with E-state index in [4.69, 9.17) is 11.6 Å². The molecule has 0 radical (unpaired) electrons. The van der Waals surface area contributed by atoms with E-state index in [0.29, 0.717) is 11.4 Å². The van der Waals surface area contributed by atoms with E-state index in [1.807, 2.05) is 12.1 Å². The lowest BCUT2D eigenvalue weighted by atomic mass is 10.1. The van der Waals surface area contributed by atoms with Crippen LogP contribution in [0.4, 0.5) is 5.69 Å². The van der Waals surface area contributed by atoms with Crippen molar-refractivity contribution < 1.29 is 4.79 Å². The van der Waals surface area contributed by atoms with Crippen molar-refractivity contribution in [1.82, 2.24) is 10.2 Å². The van der Waals surface area contributed by atoms with Gasteiger partial charge < -0.3 is 5.32 Å². The fourth-order valence-electron chi connectivity index (χ4n) is 1.57. The predicted molar refractivity (Wildman–Crippen MR) is 78.8 cm³/mol. The quantitative estimate of drug-likeness (QED) is 0.849. The number of carbonyl (C=O) groups is 1. The summed E-state index contributed by atoms with van der Waals surface area (Å²) in [6, 6.07) is 10.3. The van der Waals surface area contributed by atoms with Crippen molar-refractivity contribution in [2.75, 3.05) is 11.2 Å². The van der Waals surface area contributed by atoms with Crippen LogP contribution < -0.4 is 10.9 Å². The number of amides is 1. The molecule has 1 unspecified atom stereocenters. The second-order valence-corrected chi connectivity index (χ2v) is 4.74. The molecule has 1 aromatic carbocycles. The van der Waals surface area contributed by atoms with Gasteiger partial charge in [-0.25, -0.2) is 5.10 Å². The molecule has 0 bridgehead atoms. The molecule has 1 aromatic heterocycles. The number of aromatic amines is 1. The predicted octanol–water partition coefficient (Wildman–Crippen LogP) is 2.25. The van der Waals surface area contributed by atoms with Gasteiger partial charge in [0.25, 0.3) is 5.56 Å². The van der Waals surface area contributed by atoms with Crippen molar-refractivity contribution in [2.24, 2.45) is 5.92 Å². The van der Waals surface area contributed by atoms with Crippen LogP contribution >= 0.6 is 11.6 Å². The van der Waals surface area contributed by atoms with Gasteiger partial charge in [-0.1, -0.05) is 19.1 Å². The van der Waals surface area contributed by atoms with Crippen LogP contribution in [0.15, 0.2) is 41.2 Å². The zero-order valence-electron chi connectivity index (χ0n) is 10.9. The molecule has 0 saturated heterocycles. The van der Waals surface area contributed by atoms with Gasteiger partial charge in [0.2, 0.25) is 5.91 Å². The Balaban J connectivity index is 2.12. The molecule has 1 atom stereocenters. The first kappa shape index (κ1) is 14.3. The summed E-state index contributed by atoms with van der Waals surface area (Å²) in [5.74, 6) is -0.0716. The maximum Gasteiger partial charge on any atom is 0.264 e. The average Bonchev–Trinajstić information content (AvgIpc) is 2.48. The highest BCUT2D eigenvalue weighted by molar-refractivity contribution is 6.19. The van der Waals surface area contributed by atoms with Crippen LogP contribution in [0.1, 0.15) is 6.92 Å². The minimum atomic E-state index is -0.243. The summed E-state index contributed by atoms with van der Waals surface area (Å²) >= 11 is 5.63. The van der Waals surface area contributed by atoms with E-state index in [1.54, 1.807) is 25.1 Å². The molecule has 0 saturated carbocycles. The third kappa shape index (κ3) is 3.45. The maximum absolute atomic E-state index is 11.7. The molecule has 2 rings (SSSR count). The molecular weight excluding hydrogens is 278 g/mol. The monoisotopic (exact) mass is 291 g/mol. The Kier molecular flexibility index (Phi) is 4.53. The molecule has 1 heterocycles. The fourth-order valence-corrected chi connectivity index (χ4v) is 1.71. The third-order valence-corrected chi connectivity index (χ3v) is 3.27. The Morgan fingerprint density at radius 2 is 2.00 bits per heavy atom. The highest BCUT2D eigenvalue weighted by Gasteiger charge is 2.11. The number of anilines is 1. The lowest BCUT2D eigenvalue weighted by molar-refractivity contribution is -0.118. The second kappa shape index (κ2) is 6.34. The van der Waals surface area contributed by atoms with Gasteiger partial charge >= 0.3 is 0 Å². The van der Waals surface area contributed by atoms with Gasteiger partial charge in [0.15, 0.2) is 0 Å². The lowest BCUT2D eigenvalue weighted by Gasteiger charge is -2.09. The number of H-pyrrole nitrogens is 1. The van der Waals surface area contributed by atoms with Crippen LogP contribution in [-0.4, -0.2) is 22.0 Å². The summed E-state index contributed by atoms with van der Waals surface area (Å²) in [7, 11) is 0. The number of rotatable bonds is 4. The highest BCUT2D eigenvalue weighted by atomic mass is 35.5. The van der Waals surface area contributed by atoms with Crippen LogP contribution in [0.2, 0.25) is 0 Å². The first-order valence-corrected chi connectivity index (χ1v) is 6.66. The van der Waals surface area contributed by atoms with E-state index < -0.39 is 0 Å². The minimum Gasteiger partial charge on any atom is -0.326 e. The van der Waals surface area contributed by atoms with E-state index in [2.05, 4.69) is 15.5 Å². The van der Waals surface area contributed by atoms with Gasteiger partial charge in [-0.2, -0.15) is 5.10 Å². The van der Waals surface area contributed by atoms with E-state index in [0.717, 1.165) is 5.56 Å². The molecule has 6 heteroatoms. The summed E-state index contributed by atoms with van der Waals surface area (Å²) in [6.45, 7) is 1.76. The van der Waals surface area contributed by atoms with Crippen LogP contribution in [0.5, 0.6) is 0 Å². The summed E-state index contributed by atoms with van der Waals surface area (Å²) < 4.78 is 0. The van der Waals surface area contributed by atoms with Gasteiger partial charge in [-0.15, -0.1) is 11.6 Å². The van der Waals surface area contributed by atoms with E-state index in [9.17, 15) is 9.59 Å². The Morgan fingerprint density at radius 3 is 2.55 bits per heavy atom.